The number of nitrogens with one attached hydrogen (secondary N) is 1. The molecule has 1 aliphatic rings. The van der Waals surface area contributed by atoms with Crippen molar-refractivity contribution in [2.75, 3.05) is 37.7 Å². The van der Waals surface area contributed by atoms with Crippen LogP contribution < -0.4 is 10.2 Å². The molecule has 7 heteroatoms. The van der Waals surface area contributed by atoms with E-state index in [4.69, 9.17) is 9.84 Å². The van der Waals surface area contributed by atoms with E-state index < -0.39 is 5.97 Å². The first-order valence-corrected chi connectivity index (χ1v) is 6.96. The summed E-state index contributed by atoms with van der Waals surface area (Å²) in [5, 5.41) is 11.3. The monoisotopic (exact) mass is 293 g/mol. The molecule has 0 radical (unpaired) electrons. The lowest BCUT2D eigenvalue weighted by Gasteiger charge is -2.29. The number of ether oxygens (including phenoxy) is 1. The van der Waals surface area contributed by atoms with E-state index in [9.17, 15) is 9.59 Å². The molecular formula is C14H19N3O4. The number of carbonyl (C=O) groups excluding carboxylic acids is 1. The molecule has 1 fully saturated rings. The van der Waals surface area contributed by atoms with E-state index in [2.05, 4.69) is 10.3 Å². The normalized spacial score (nSPS) is 14.8. The third-order valence-electron chi connectivity index (χ3n) is 3.19. The summed E-state index contributed by atoms with van der Waals surface area (Å²) in [7, 11) is 0. The summed E-state index contributed by atoms with van der Waals surface area (Å²) in [6, 6.07) is 3.44. The lowest BCUT2D eigenvalue weighted by Crippen LogP contribution is -2.38. The van der Waals surface area contributed by atoms with Crippen LogP contribution in [0.25, 0.3) is 0 Å². The average Bonchev–Trinajstić information content (AvgIpc) is 2.52. The summed E-state index contributed by atoms with van der Waals surface area (Å²) in [6.07, 6.45) is 2.11. The van der Waals surface area contributed by atoms with Gasteiger partial charge in [-0.15, -0.1) is 0 Å². The van der Waals surface area contributed by atoms with E-state index in [1.54, 1.807) is 18.3 Å². The van der Waals surface area contributed by atoms with Gasteiger partial charge in [0.2, 0.25) is 0 Å². The minimum absolute atomic E-state index is 0.0453. The van der Waals surface area contributed by atoms with Crippen LogP contribution in [0.1, 0.15) is 23.2 Å². The van der Waals surface area contributed by atoms with Crippen molar-refractivity contribution >= 4 is 17.7 Å². The van der Waals surface area contributed by atoms with Gasteiger partial charge in [0.15, 0.2) is 0 Å². The number of rotatable bonds is 6. The molecule has 1 aliphatic heterocycles. The van der Waals surface area contributed by atoms with Crippen LogP contribution in [0.3, 0.4) is 0 Å². The van der Waals surface area contributed by atoms with Crippen molar-refractivity contribution < 1.29 is 19.4 Å². The Labute approximate surface area is 122 Å². The van der Waals surface area contributed by atoms with Crippen molar-refractivity contribution in [1.29, 1.82) is 0 Å². The maximum absolute atomic E-state index is 12.2. The summed E-state index contributed by atoms with van der Waals surface area (Å²) < 4.78 is 5.30. The molecule has 0 bridgehead atoms. The fraction of sp³-hybridized carbons (Fsp3) is 0.500. The SMILES string of the molecule is O=C(O)CCCNC(=O)c1cccnc1N1CCOCC1. The summed E-state index contributed by atoms with van der Waals surface area (Å²) >= 11 is 0. The van der Waals surface area contributed by atoms with E-state index in [0.29, 0.717) is 50.7 Å². The number of morpholine rings is 1. The van der Waals surface area contributed by atoms with Gasteiger partial charge in [0.1, 0.15) is 5.82 Å². The molecule has 0 unspecified atom stereocenters. The average molecular weight is 293 g/mol. The van der Waals surface area contributed by atoms with Gasteiger partial charge in [-0.2, -0.15) is 0 Å². The Bertz CT molecular complexity index is 501. The summed E-state index contributed by atoms with van der Waals surface area (Å²) in [4.78, 5) is 28.9. The van der Waals surface area contributed by atoms with Gasteiger partial charge in [0.05, 0.1) is 18.8 Å². The number of carboxylic acids is 1. The molecular weight excluding hydrogens is 274 g/mol. The number of anilines is 1. The predicted octanol–water partition coefficient (Wildman–Crippen LogP) is 0.513. The standard InChI is InChI=1S/C14H19N3O4/c18-12(19)4-2-6-16-14(20)11-3-1-5-15-13(11)17-7-9-21-10-8-17/h1,3,5H,2,4,6-10H2,(H,16,20)(H,18,19). The van der Waals surface area contributed by atoms with Gasteiger partial charge in [0, 0.05) is 32.3 Å². The van der Waals surface area contributed by atoms with Crippen LogP contribution >= 0.6 is 0 Å². The summed E-state index contributed by atoms with van der Waals surface area (Å²) in [5.74, 6) is -0.439. The minimum atomic E-state index is -0.861. The number of hydrogen-bond donors (Lipinski definition) is 2. The highest BCUT2D eigenvalue weighted by atomic mass is 16.5. The van der Waals surface area contributed by atoms with Gasteiger partial charge < -0.3 is 20.1 Å². The Hall–Kier alpha value is -2.15. The molecule has 21 heavy (non-hydrogen) atoms. The first-order valence-electron chi connectivity index (χ1n) is 6.96. The van der Waals surface area contributed by atoms with Crippen LogP contribution in [0.2, 0.25) is 0 Å². The van der Waals surface area contributed by atoms with E-state index >= 15 is 0 Å². The van der Waals surface area contributed by atoms with Gasteiger partial charge in [-0.25, -0.2) is 4.98 Å². The molecule has 0 aromatic carbocycles. The summed E-state index contributed by atoms with van der Waals surface area (Å²) in [5.41, 5.74) is 0.509. The predicted molar refractivity (Wildman–Crippen MR) is 76.5 cm³/mol. The number of pyridine rings is 1. The lowest BCUT2D eigenvalue weighted by atomic mass is 10.2. The number of carbonyl (C=O) groups is 2. The molecule has 1 aromatic heterocycles. The number of nitrogens with zero attached hydrogens (tertiary/aromatic N) is 2. The maximum atomic E-state index is 12.2. The zero-order chi connectivity index (χ0) is 15.1. The highest BCUT2D eigenvalue weighted by Crippen LogP contribution is 2.18. The number of aromatic nitrogens is 1. The maximum Gasteiger partial charge on any atom is 0.303 e. The third-order valence-corrected chi connectivity index (χ3v) is 3.19. The molecule has 7 nitrogen and oxygen atoms in total. The first kappa shape index (κ1) is 15.2. The van der Waals surface area contributed by atoms with Gasteiger partial charge >= 0.3 is 5.97 Å². The topological polar surface area (TPSA) is 91.8 Å². The van der Waals surface area contributed by atoms with Crippen molar-refractivity contribution in [2.45, 2.75) is 12.8 Å². The first-order chi connectivity index (χ1) is 10.2. The molecule has 1 amide bonds. The molecule has 2 heterocycles. The Morgan fingerprint density at radius 1 is 1.38 bits per heavy atom. The number of carboxylic acid groups (broad SMARTS) is 1. The quantitative estimate of drug-likeness (QED) is 0.743. The van der Waals surface area contributed by atoms with Crippen LogP contribution in [0, 0.1) is 0 Å². The smallest absolute Gasteiger partial charge is 0.303 e. The van der Waals surface area contributed by atoms with Crippen LogP contribution in [0.5, 0.6) is 0 Å². The Balaban J connectivity index is 1.98. The Morgan fingerprint density at radius 3 is 2.86 bits per heavy atom. The van der Waals surface area contributed by atoms with Gasteiger partial charge in [0.25, 0.3) is 5.91 Å². The molecule has 2 N–H and O–H groups in total. The molecule has 0 aliphatic carbocycles. The number of amides is 1. The molecule has 0 atom stereocenters. The second-order valence-corrected chi connectivity index (χ2v) is 4.73. The van der Waals surface area contributed by atoms with Crippen LogP contribution in [-0.2, 0) is 9.53 Å². The van der Waals surface area contributed by atoms with E-state index in [-0.39, 0.29) is 12.3 Å². The van der Waals surface area contributed by atoms with Crippen molar-refractivity contribution in [3.05, 3.63) is 23.9 Å². The molecule has 1 aromatic rings. The number of hydrogen-bond acceptors (Lipinski definition) is 5. The molecule has 0 spiro atoms. The number of aliphatic carboxylic acids is 1. The minimum Gasteiger partial charge on any atom is -0.481 e. The highest BCUT2D eigenvalue weighted by molar-refractivity contribution is 5.98. The summed E-state index contributed by atoms with van der Waals surface area (Å²) in [6.45, 7) is 2.99. The van der Waals surface area contributed by atoms with Crippen LogP contribution in [-0.4, -0.2) is 54.8 Å². The van der Waals surface area contributed by atoms with E-state index in [0.717, 1.165) is 0 Å². The third kappa shape index (κ3) is 4.42. The molecule has 0 saturated carbocycles. The van der Waals surface area contributed by atoms with Gasteiger partial charge in [-0.1, -0.05) is 0 Å². The Morgan fingerprint density at radius 2 is 2.14 bits per heavy atom. The van der Waals surface area contributed by atoms with Crippen LogP contribution in [0.15, 0.2) is 18.3 Å². The van der Waals surface area contributed by atoms with Crippen molar-refractivity contribution in [3.63, 3.8) is 0 Å². The second-order valence-electron chi connectivity index (χ2n) is 4.73. The fourth-order valence-corrected chi connectivity index (χ4v) is 2.14. The van der Waals surface area contributed by atoms with Crippen molar-refractivity contribution in [1.82, 2.24) is 10.3 Å². The molecule has 114 valence electrons. The van der Waals surface area contributed by atoms with E-state index in [1.807, 2.05) is 4.90 Å². The highest BCUT2D eigenvalue weighted by Gasteiger charge is 2.19. The van der Waals surface area contributed by atoms with Gasteiger partial charge in [-0.3, -0.25) is 9.59 Å². The Kier molecular flexibility index (Phi) is 5.51. The zero-order valence-corrected chi connectivity index (χ0v) is 11.7. The zero-order valence-electron chi connectivity index (χ0n) is 11.7. The van der Waals surface area contributed by atoms with Crippen LogP contribution in [0.4, 0.5) is 5.82 Å². The largest absolute Gasteiger partial charge is 0.481 e. The lowest BCUT2D eigenvalue weighted by molar-refractivity contribution is -0.137. The van der Waals surface area contributed by atoms with E-state index in [1.165, 1.54) is 0 Å². The van der Waals surface area contributed by atoms with Gasteiger partial charge in [-0.05, 0) is 18.6 Å². The molecule has 2 rings (SSSR count). The van der Waals surface area contributed by atoms with Crippen molar-refractivity contribution in [2.24, 2.45) is 0 Å². The van der Waals surface area contributed by atoms with Crippen molar-refractivity contribution in [3.8, 4) is 0 Å². The molecule has 1 saturated heterocycles. The fourth-order valence-electron chi connectivity index (χ4n) is 2.14. The second kappa shape index (κ2) is 7.58.